The minimum atomic E-state index is 0.172. The van der Waals surface area contributed by atoms with Crippen LogP contribution in [0.25, 0.3) is 32.7 Å². The van der Waals surface area contributed by atoms with Crippen LogP contribution in [-0.4, -0.2) is 27.8 Å². The highest BCUT2D eigenvalue weighted by Crippen LogP contribution is 2.47. The van der Waals surface area contributed by atoms with E-state index in [0.717, 1.165) is 50.8 Å². The molecule has 4 aromatic carbocycles. The smallest absolute Gasteiger partial charge is 0.188 e. The second-order valence-corrected chi connectivity index (χ2v) is 7.08. The quantitative estimate of drug-likeness (QED) is 0.329. The Kier molecular flexibility index (Phi) is 6.17. The van der Waals surface area contributed by atoms with E-state index < -0.39 is 0 Å². The minimum absolute atomic E-state index is 0.172. The minimum Gasteiger partial charge on any atom is -0.467 e. The fraction of sp³-hybridized carbons (Fsp3) is 0.231. The average molecular weight is 402 g/mol. The van der Waals surface area contributed by atoms with Gasteiger partial charge in [0.2, 0.25) is 0 Å². The maximum absolute atomic E-state index is 6.17. The molecule has 4 nitrogen and oxygen atoms in total. The molecule has 30 heavy (non-hydrogen) atoms. The van der Waals surface area contributed by atoms with E-state index in [4.69, 9.17) is 18.9 Å². The van der Waals surface area contributed by atoms with Gasteiger partial charge in [-0.25, -0.2) is 0 Å². The van der Waals surface area contributed by atoms with Crippen LogP contribution in [0.4, 0.5) is 0 Å². The van der Waals surface area contributed by atoms with Gasteiger partial charge in [-0.3, -0.25) is 0 Å². The zero-order valence-electron chi connectivity index (χ0n) is 17.6. The molecule has 0 aromatic heterocycles. The van der Waals surface area contributed by atoms with Crippen molar-refractivity contribution in [2.75, 3.05) is 27.8 Å². The van der Waals surface area contributed by atoms with E-state index in [2.05, 4.69) is 55.5 Å². The molecule has 154 valence electrons. The molecule has 0 saturated heterocycles. The Bertz CT molecular complexity index is 1170. The van der Waals surface area contributed by atoms with Crippen molar-refractivity contribution in [2.45, 2.75) is 13.3 Å². The molecule has 0 aliphatic heterocycles. The molecule has 0 unspecified atom stereocenters. The lowest BCUT2D eigenvalue weighted by Crippen LogP contribution is -2.05. The molecule has 4 rings (SSSR count). The van der Waals surface area contributed by atoms with Crippen molar-refractivity contribution in [3.63, 3.8) is 0 Å². The van der Waals surface area contributed by atoms with E-state index in [1.54, 1.807) is 14.2 Å². The number of hydrogen-bond donors (Lipinski definition) is 0. The summed E-state index contributed by atoms with van der Waals surface area (Å²) in [6.07, 6.45) is 0.843. The standard InChI is InChI=1S/C26H26O4/c1-4-18-15-20-10-6-8-12-22(20)25(26(18)30-17-28-3)24-21-11-7-5-9-19(21)13-14-23(24)29-16-27-2/h5-15H,4,16-17H2,1-3H3. The van der Waals surface area contributed by atoms with E-state index in [1.165, 1.54) is 5.39 Å². The zero-order valence-corrected chi connectivity index (χ0v) is 17.6. The van der Waals surface area contributed by atoms with E-state index in [-0.39, 0.29) is 13.6 Å². The van der Waals surface area contributed by atoms with Crippen molar-refractivity contribution in [1.29, 1.82) is 0 Å². The van der Waals surface area contributed by atoms with Gasteiger partial charge in [-0.15, -0.1) is 0 Å². The van der Waals surface area contributed by atoms with Gasteiger partial charge in [0.25, 0.3) is 0 Å². The molecule has 0 radical (unpaired) electrons. The third kappa shape index (κ3) is 3.72. The maximum atomic E-state index is 6.17. The fourth-order valence-electron chi connectivity index (χ4n) is 3.93. The molecule has 0 amide bonds. The summed E-state index contributed by atoms with van der Waals surface area (Å²) < 4.78 is 22.7. The first-order valence-electron chi connectivity index (χ1n) is 10.1. The summed E-state index contributed by atoms with van der Waals surface area (Å²) in [4.78, 5) is 0. The molecule has 4 heteroatoms. The molecule has 0 atom stereocenters. The first-order valence-corrected chi connectivity index (χ1v) is 10.1. The van der Waals surface area contributed by atoms with E-state index >= 15 is 0 Å². The topological polar surface area (TPSA) is 36.9 Å². The Morgan fingerprint density at radius 3 is 2.00 bits per heavy atom. The highest BCUT2D eigenvalue weighted by molar-refractivity contribution is 6.10. The van der Waals surface area contributed by atoms with Crippen LogP contribution in [-0.2, 0) is 15.9 Å². The maximum Gasteiger partial charge on any atom is 0.188 e. The Balaban J connectivity index is 2.13. The molecule has 0 aliphatic carbocycles. The number of fused-ring (bicyclic) bond motifs is 2. The van der Waals surface area contributed by atoms with E-state index in [1.807, 2.05) is 18.2 Å². The molecule has 0 fully saturated rings. The van der Waals surface area contributed by atoms with Gasteiger partial charge in [0.1, 0.15) is 11.5 Å². The van der Waals surface area contributed by atoms with Gasteiger partial charge in [-0.2, -0.15) is 0 Å². The number of rotatable bonds is 8. The first-order chi connectivity index (χ1) is 14.8. The van der Waals surface area contributed by atoms with Gasteiger partial charge in [-0.1, -0.05) is 61.5 Å². The number of benzene rings is 4. The highest BCUT2D eigenvalue weighted by atomic mass is 16.7. The van der Waals surface area contributed by atoms with Crippen molar-refractivity contribution < 1.29 is 18.9 Å². The van der Waals surface area contributed by atoms with Crippen molar-refractivity contribution in [1.82, 2.24) is 0 Å². The lowest BCUT2D eigenvalue weighted by Gasteiger charge is -2.21. The third-order valence-electron chi connectivity index (χ3n) is 5.25. The Morgan fingerprint density at radius 2 is 1.30 bits per heavy atom. The van der Waals surface area contributed by atoms with Crippen LogP contribution in [0.15, 0.2) is 66.7 Å². The van der Waals surface area contributed by atoms with Gasteiger partial charge in [0.05, 0.1) is 0 Å². The van der Waals surface area contributed by atoms with Crippen molar-refractivity contribution in [3.05, 3.63) is 72.3 Å². The van der Waals surface area contributed by atoms with Gasteiger partial charge < -0.3 is 18.9 Å². The number of ether oxygens (including phenoxy) is 4. The second kappa shape index (κ2) is 9.16. The summed E-state index contributed by atoms with van der Waals surface area (Å²) in [5, 5.41) is 4.52. The van der Waals surface area contributed by atoms with Crippen LogP contribution in [0.5, 0.6) is 11.5 Å². The van der Waals surface area contributed by atoms with Gasteiger partial charge >= 0.3 is 0 Å². The SMILES string of the molecule is CCc1cc2ccccc2c(-c2c(OCOC)ccc3ccccc23)c1OCOC. The molecular formula is C26H26O4. The van der Waals surface area contributed by atoms with Gasteiger partial charge in [-0.05, 0) is 45.7 Å². The number of aryl methyl sites for hydroxylation is 1. The zero-order chi connectivity index (χ0) is 20.9. The lowest BCUT2D eigenvalue weighted by molar-refractivity contribution is 0.0498. The molecule has 0 heterocycles. The fourth-order valence-corrected chi connectivity index (χ4v) is 3.93. The summed E-state index contributed by atoms with van der Waals surface area (Å²) in [5.74, 6) is 1.59. The largest absolute Gasteiger partial charge is 0.467 e. The third-order valence-corrected chi connectivity index (χ3v) is 5.25. The Hall–Kier alpha value is -3.08. The normalized spacial score (nSPS) is 11.2. The molecule has 0 spiro atoms. The summed E-state index contributed by atoms with van der Waals surface area (Å²) in [7, 11) is 3.26. The average Bonchev–Trinajstić information content (AvgIpc) is 2.80. The van der Waals surface area contributed by atoms with Crippen LogP contribution >= 0.6 is 0 Å². The predicted molar refractivity (Wildman–Crippen MR) is 121 cm³/mol. The van der Waals surface area contributed by atoms with Crippen LogP contribution in [0.2, 0.25) is 0 Å². The van der Waals surface area contributed by atoms with Gasteiger partial charge in [0.15, 0.2) is 13.6 Å². The van der Waals surface area contributed by atoms with Gasteiger partial charge in [0, 0.05) is 25.3 Å². The van der Waals surface area contributed by atoms with E-state index in [0.29, 0.717) is 0 Å². The first kappa shape index (κ1) is 20.2. The summed E-state index contributed by atoms with van der Waals surface area (Å²) in [6, 6.07) is 23.0. The van der Waals surface area contributed by atoms with Crippen LogP contribution < -0.4 is 9.47 Å². The summed E-state index contributed by atoms with van der Waals surface area (Å²) >= 11 is 0. The summed E-state index contributed by atoms with van der Waals surface area (Å²) in [6.45, 7) is 2.49. The Morgan fingerprint density at radius 1 is 0.667 bits per heavy atom. The summed E-state index contributed by atoms with van der Waals surface area (Å²) in [5.41, 5.74) is 3.15. The second-order valence-electron chi connectivity index (χ2n) is 7.08. The number of hydrogen-bond acceptors (Lipinski definition) is 4. The molecule has 4 aromatic rings. The monoisotopic (exact) mass is 402 g/mol. The molecule has 0 aliphatic rings. The molecule has 0 N–H and O–H groups in total. The lowest BCUT2D eigenvalue weighted by atomic mass is 9.90. The van der Waals surface area contributed by atoms with Crippen LogP contribution in [0.1, 0.15) is 12.5 Å². The highest BCUT2D eigenvalue weighted by Gasteiger charge is 2.21. The van der Waals surface area contributed by atoms with Crippen molar-refractivity contribution in [2.24, 2.45) is 0 Å². The molecule has 0 bridgehead atoms. The van der Waals surface area contributed by atoms with Crippen molar-refractivity contribution >= 4 is 21.5 Å². The predicted octanol–water partition coefficient (Wildman–Crippen LogP) is 6.19. The van der Waals surface area contributed by atoms with Crippen LogP contribution in [0.3, 0.4) is 0 Å². The molecular weight excluding hydrogens is 376 g/mol. The Labute approximate surface area is 176 Å². The van der Waals surface area contributed by atoms with Crippen LogP contribution in [0, 0.1) is 0 Å². The molecule has 0 saturated carbocycles. The van der Waals surface area contributed by atoms with Crippen molar-refractivity contribution in [3.8, 4) is 22.6 Å². The van der Waals surface area contributed by atoms with E-state index in [9.17, 15) is 0 Å². The number of methoxy groups -OCH3 is 2.